The first-order valence-electron chi connectivity index (χ1n) is 6.91. The highest BCUT2D eigenvalue weighted by Crippen LogP contribution is 2.26. The first-order valence-corrected chi connectivity index (χ1v) is 6.91. The van der Waals surface area contributed by atoms with Crippen LogP contribution in [-0.2, 0) is 6.54 Å². The number of likely N-dealkylation sites (N-methyl/N-ethyl adjacent to an activating group) is 1. The lowest BCUT2D eigenvalue weighted by molar-refractivity contribution is -0.274. The highest BCUT2D eigenvalue weighted by molar-refractivity contribution is 5.33. The molecule has 0 saturated carbocycles. The summed E-state index contributed by atoms with van der Waals surface area (Å²) in [4.78, 5) is 2.05. The fraction of sp³-hybridized carbons (Fsp3) is 0.600. The van der Waals surface area contributed by atoms with E-state index in [1.54, 1.807) is 12.1 Å². The number of para-hydroxylation sites is 1. The van der Waals surface area contributed by atoms with Crippen LogP contribution in [-0.4, -0.2) is 37.9 Å². The molecule has 0 radical (unpaired) electrons. The third-order valence-corrected chi connectivity index (χ3v) is 3.12. The number of ether oxygens (including phenoxy) is 1. The number of alkyl halides is 3. The van der Waals surface area contributed by atoms with Crippen molar-refractivity contribution in [3.63, 3.8) is 0 Å². The van der Waals surface area contributed by atoms with E-state index in [2.05, 4.69) is 28.8 Å². The molecule has 0 heterocycles. The lowest BCUT2D eigenvalue weighted by Gasteiger charge is -2.26. The first-order chi connectivity index (χ1) is 9.69. The minimum absolute atomic E-state index is 0.148. The van der Waals surface area contributed by atoms with Gasteiger partial charge in [0, 0.05) is 24.7 Å². The Morgan fingerprint density at radius 3 is 2.33 bits per heavy atom. The molecule has 0 amide bonds. The highest BCUT2D eigenvalue weighted by atomic mass is 19.4. The van der Waals surface area contributed by atoms with E-state index >= 15 is 0 Å². The van der Waals surface area contributed by atoms with Crippen LogP contribution in [0.4, 0.5) is 13.2 Å². The molecule has 1 unspecified atom stereocenters. The zero-order chi connectivity index (χ0) is 16.0. The quantitative estimate of drug-likeness (QED) is 0.837. The molecule has 0 aliphatic rings. The Labute approximate surface area is 124 Å². The number of hydrogen-bond acceptors (Lipinski definition) is 3. The molecule has 0 bridgehead atoms. The molecule has 1 aromatic carbocycles. The van der Waals surface area contributed by atoms with Gasteiger partial charge in [0.25, 0.3) is 0 Å². The van der Waals surface area contributed by atoms with Crippen molar-refractivity contribution in [3.05, 3.63) is 29.8 Å². The zero-order valence-electron chi connectivity index (χ0n) is 12.9. The molecule has 0 aliphatic carbocycles. The molecule has 6 heteroatoms. The van der Waals surface area contributed by atoms with Gasteiger partial charge >= 0.3 is 6.36 Å². The lowest BCUT2D eigenvalue weighted by atomic mass is 10.0. The number of nitrogens with one attached hydrogen (secondary N) is 1. The van der Waals surface area contributed by atoms with E-state index in [9.17, 15) is 13.2 Å². The van der Waals surface area contributed by atoms with Crippen molar-refractivity contribution in [3.8, 4) is 5.75 Å². The maximum Gasteiger partial charge on any atom is 0.573 e. The second-order valence-corrected chi connectivity index (χ2v) is 5.65. The number of nitrogens with zero attached hydrogens (tertiary/aromatic N) is 1. The van der Waals surface area contributed by atoms with Crippen molar-refractivity contribution in [1.29, 1.82) is 0 Å². The summed E-state index contributed by atoms with van der Waals surface area (Å²) in [6.45, 7) is 5.32. The summed E-state index contributed by atoms with van der Waals surface area (Å²) in [5.41, 5.74) is 0.499. The second-order valence-electron chi connectivity index (χ2n) is 5.65. The Kier molecular flexibility index (Phi) is 6.48. The van der Waals surface area contributed by atoms with E-state index in [4.69, 9.17) is 0 Å². The molecule has 0 spiro atoms. The topological polar surface area (TPSA) is 24.5 Å². The number of halogens is 3. The summed E-state index contributed by atoms with van der Waals surface area (Å²) in [7, 11) is 3.94. The lowest BCUT2D eigenvalue weighted by Crippen LogP contribution is -2.41. The molecule has 1 rings (SSSR count). The largest absolute Gasteiger partial charge is 0.573 e. The molecule has 3 nitrogen and oxygen atoms in total. The number of hydrogen-bond donors (Lipinski definition) is 1. The Morgan fingerprint density at radius 1 is 1.19 bits per heavy atom. The van der Waals surface area contributed by atoms with Gasteiger partial charge < -0.3 is 15.0 Å². The van der Waals surface area contributed by atoms with Crippen LogP contribution in [0.2, 0.25) is 0 Å². The van der Waals surface area contributed by atoms with Crippen LogP contribution in [0.25, 0.3) is 0 Å². The van der Waals surface area contributed by atoms with E-state index in [1.807, 2.05) is 14.1 Å². The Bertz CT molecular complexity index is 433. The van der Waals surface area contributed by atoms with Crippen LogP contribution in [0.1, 0.15) is 19.4 Å². The van der Waals surface area contributed by atoms with Gasteiger partial charge in [-0.2, -0.15) is 0 Å². The highest BCUT2D eigenvalue weighted by Gasteiger charge is 2.32. The average Bonchev–Trinajstić information content (AvgIpc) is 2.33. The fourth-order valence-electron chi connectivity index (χ4n) is 2.02. The fourth-order valence-corrected chi connectivity index (χ4v) is 2.02. The van der Waals surface area contributed by atoms with Crippen LogP contribution in [0.15, 0.2) is 24.3 Å². The van der Waals surface area contributed by atoms with Gasteiger partial charge in [-0.15, -0.1) is 13.2 Å². The van der Waals surface area contributed by atoms with E-state index in [0.29, 0.717) is 18.0 Å². The molecule has 0 aromatic heterocycles. The maximum atomic E-state index is 12.4. The monoisotopic (exact) mass is 304 g/mol. The molecule has 0 fully saturated rings. The first kappa shape index (κ1) is 17.8. The molecule has 120 valence electrons. The van der Waals surface area contributed by atoms with Crippen LogP contribution < -0.4 is 10.1 Å². The minimum atomic E-state index is -4.67. The van der Waals surface area contributed by atoms with Crippen molar-refractivity contribution in [2.45, 2.75) is 32.8 Å². The summed E-state index contributed by atoms with van der Waals surface area (Å²) in [5.74, 6) is 0.230. The van der Waals surface area contributed by atoms with Crippen molar-refractivity contribution >= 4 is 0 Å². The van der Waals surface area contributed by atoms with E-state index in [0.717, 1.165) is 6.54 Å². The smallest absolute Gasteiger partial charge is 0.405 e. The minimum Gasteiger partial charge on any atom is -0.405 e. The van der Waals surface area contributed by atoms with Gasteiger partial charge in [0.05, 0.1) is 0 Å². The van der Waals surface area contributed by atoms with Gasteiger partial charge in [0.1, 0.15) is 5.75 Å². The van der Waals surface area contributed by atoms with Crippen molar-refractivity contribution in [1.82, 2.24) is 10.2 Å². The van der Waals surface area contributed by atoms with Crippen LogP contribution in [0.5, 0.6) is 5.75 Å². The van der Waals surface area contributed by atoms with Gasteiger partial charge in [-0.1, -0.05) is 32.0 Å². The van der Waals surface area contributed by atoms with Crippen molar-refractivity contribution < 1.29 is 17.9 Å². The Morgan fingerprint density at radius 2 is 1.81 bits per heavy atom. The maximum absolute atomic E-state index is 12.4. The van der Waals surface area contributed by atoms with Crippen molar-refractivity contribution in [2.24, 2.45) is 5.92 Å². The molecule has 1 N–H and O–H groups in total. The molecular formula is C15H23F3N2O. The summed E-state index contributed by atoms with van der Waals surface area (Å²) < 4.78 is 41.2. The normalized spacial score (nSPS) is 13.8. The summed E-state index contributed by atoms with van der Waals surface area (Å²) in [6.07, 6.45) is -4.67. The van der Waals surface area contributed by atoms with E-state index in [-0.39, 0.29) is 11.8 Å². The molecular weight excluding hydrogens is 281 g/mol. The van der Waals surface area contributed by atoms with Crippen LogP contribution in [0, 0.1) is 5.92 Å². The molecule has 21 heavy (non-hydrogen) atoms. The Balaban J connectivity index is 2.73. The van der Waals surface area contributed by atoms with Crippen LogP contribution in [0.3, 0.4) is 0 Å². The average molecular weight is 304 g/mol. The summed E-state index contributed by atoms with van der Waals surface area (Å²) in [6, 6.07) is 6.40. The zero-order valence-corrected chi connectivity index (χ0v) is 12.9. The van der Waals surface area contributed by atoms with Gasteiger partial charge in [-0.25, -0.2) is 0 Å². The van der Waals surface area contributed by atoms with E-state index in [1.165, 1.54) is 12.1 Å². The van der Waals surface area contributed by atoms with Crippen molar-refractivity contribution in [2.75, 3.05) is 20.6 Å². The van der Waals surface area contributed by atoms with Gasteiger partial charge in [-0.05, 0) is 26.1 Å². The summed E-state index contributed by atoms with van der Waals surface area (Å²) >= 11 is 0. The third kappa shape index (κ3) is 6.82. The molecule has 0 saturated heterocycles. The number of benzene rings is 1. The predicted molar refractivity (Wildman–Crippen MR) is 77.1 cm³/mol. The predicted octanol–water partition coefficient (Wildman–Crippen LogP) is 3.26. The summed E-state index contributed by atoms with van der Waals surface area (Å²) in [5, 5.41) is 3.30. The SMILES string of the molecule is CC(C)C(CN(C)C)NCc1ccccc1OC(F)(F)F. The third-order valence-electron chi connectivity index (χ3n) is 3.12. The second kappa shape index (κ2) is 7.66. The van der Waals surface area contributed by atoms with E-state index < -0.39 is 6.36 Å². The molecule has 1 atom stereocenters. The molecule has 0 aliphatic heterocycles. The number of rotatable bonds is 7. The Hall–Kier alpha value is -1.27. The standard InChI is InChI=1S/C15H23F3N2O/c1-11(2)13(10-20(3)4)19-9-12-7-5-6-8-14(12)21-15(16,17)18/h5-8,11,13,19H,9-10H2,1-4H3. The van der Waals surface area contributed by atoms with Gasteiger partial charge in [0.15, 0.2) is 0 Å². The molecule has 1 aromatic rings. The van der Waals surface area contributed by atoms with Gasteiger partial charge in [-0.3, -0.25) is 0 Å². The van der Waals surface area contributed by atoms with Crippen LogP contribution >= 0.6 is 0 Å². The van der Waals surface area contributed by atoms with Gasteiger partial charge in [0.2, 0.25) is 0 Å².